The highest BCUT2D eigenvalue weighted by Crippen LogP contribution is 2.40. The third-order valence-corrected chi connectivity index (χ3v) is 7.45. The van der Waals surface area contributed by atoms with E-state index in [1.807, 2.05) is 61.9 Å². The van der Waals surface area contributed by atoms with Crippen LogP contribution in [-0.2, 0) is 9.53 Å². The number of aryl methyl sites for hydroxylation is 1. The lowest BCUT2D eigenvalue weighted by Gasteiger charge is -2.30. The van der Waals surface area contributed by atoms with Crippen molar-refractivity contribution in [2.24, 2.45) is 5.73 Å². The number of rotatable bonds is 7. The third kappa shape index (κ3) is 10.2. The first kappa shape index (κ1) is 37.3. The quantitative estimate of drug-likeness (QED) is 0.224. The molecule has 0 spiro atoms. The van der Waals surface area contributed by atoms with Gasteiger partial charge in [0.2, 0.25) is 0 Å². The van der Waals surface area contributed by atoms with Crippen LogP contribution in [0.15, 0.2) is 48.2 Å². The molecule has 0 aromatic heterocycles. The molecular weight excluding hydrogens is 536 g/mol. The number of anilines is 1. The van der Waals surface area contributed by atoms with Crippen LogP contribution < -0.4 is 11.5 Å². The standard InChI is InChI=1S/C29H36N4O2.C4H10.C2H6.CH2O/c1-3-5-23(20-8-10-21(11-9-20)29(34)33-15-13-22(31)14-16-33)28-24(6-4-17-35-28)27-19(2)7-12-26(32)25(27)18-30;1-3-4-2;2*1-2/h5,7-12,18,22,30H,3-4,6,13-17,31-32H2,1-2H3;3-4H2,1-2H3;1-2H3;1H2/b23-5+,30-18?;;;. The van der Waals surface area contributed by atoms with E-state index in [2.05, 4.69) is 33.8 Å². The fourth-order valence-electron chi connectivity index (χ4n) is 5.03. The Morgan fingerprint density at radius 1 is 1.02 bits per heavy atom. The van der Waals surface area contributed by atoms with E-state index in [0.717, 1.165) is 71.3 Å². The molecule has 7 nitrogen and oxygen atoms in total. The molecule has 0 saturated carbocycles. The summed E-state index contributed by atoms with van der Waals surface area (Å²) >= 11 is 0. The smallest absolute Gasteiger partial charge is 0.253 e. The Kier molecular flexibility index (Phi) is 17.6. The summed E-state index contributed by atoms with van der Waals surface area (Å²) in [5, 5.41) is 7.99. The van der Waals surface area contributed by atoms with Gasteiger partial charge in [-0.25, -0.2) is 0 Å². The van der Waals surface area contributed by atoms with Gasteiger partial charge in [-0.1, -0.05) is 71.7 Å². The largest absolute Gasteiger partial charge is 0.493 e. The Labute approximate surface area is 259 Å². The lowest BCUT2D eigenvalue weighted by molar-refractivity contribution is -0.0980. The summed E-state index contributed by atoms with van der Waals surface area (Å²) in [6, 6.07) is 11.9. The van der Waals surface area contributed by atoms with E-state index in [4.69, 9.17) is 26.4 Å². The molecule has 4 rings (SSSR count). The summed E-state index contributed by atoms with van der Waals surface area (Å²) in [6.07, 6.45) is 10.5. The highest BCUT2D eigenvalue weighted by molar-refractivity contribution is 5.98. The minimum absolute atomic E-state index is 0.0595. The number of likely N-dealkylation sites (tertiary alicyclic amines) is 1. The maximum Gasteiger partial charge on any atom is 0.253 e. The predicted molar refractivity (Wildman–Crippen MR) is 182 cm³/mol. The number of amides is 1. The molecule has 1 amide bonds. The summed E-state index contributed by atoms with van der Waals surface area (Å²) < 4.78 is 6.30. The van der Waals surface area contributed by atoms with E-state index in [0.29, 0.717) is 30.9 Å². The summed E-state index contributed by atoms with van der Waals surface area (Å²) in [6.45, 7) is 16.6. The number of ether oxygens (including phenoxy) is 1. The maximum atomic E-state index is 13.0. The molecule has 2 aliphatic heterocycles. The minimum Gasteiger partial charge on any atom is -0.493 e. The van der Waals surface area contributed by atoms with Crippen molar-refractivity contribution in [2.45, 2.75) is 92.5 Å². The molecule has 7 heteroatoms. The molecule has 1 saturated heterocycles. The van der Waals surface area contributed by atoms with Crippen molar-refractivity contribution in [1.82, 2.24) is 4.90 Å². The second kappa shape index (κ2) is 20.2. The maximum absolute atomic E-state index is 13.0. The van der Waals surface area contributed by atoms with Crippen molar-refractivity contribution < 1.29 is 14.3 Å². The molecule has 2 aliphatic rings. The molecule has 43 heavy (non-hydrogen) atoms. The van der Waals surface area contributed by atoms with Crippen molar-refractivity contribution >= 4 is 35.7 Å². The number of piperidine rings is 1. The van der Waals surface area contributed by atoms with Gasteiger partial charge >= 0.3 is 0 Å². The molecule has 0 atom stereocenters. The molecule has 5 N–H and O–H groups in total. The van der Waals surface area contributed by atoms with Crippen molar-refractivity contribution in [3.63, 3.8) is 0 Å². The van der Waals surface area contributed by atoms with Gasteiger partial charge in [-0.15, -0.1) is 0 Å². The Morgan fingerprint density at radius 2 is 1.60 bits per heavy atom. The third-order valence-electron chi connectivity index (χ3n) is 7.45. The van der Waals surface area contributed by atoms with Crippen LogP contribution in [-0.4, -0.2) is 49.5 Å². The average molecular weight is 591 g/mol. The van der Waals surface area contributed by atoms with Crippen molar-refractivity contribution in [2.75, 3.05) is 25.4 Å². The number of hydrogen-bond donors (Lipinski definition) is 3. The van der Waals surface area contributed by atoms with Crippen LogP contribution in [0, 0.1) is 12.3 Å². The van der Waals surface area contributed by atoms with Gasteiger partial charge in [-0.3, -0.25) is 4.79 Å². The molecular formula is C36H54N4O3. The first-order chi connectivity index (χ1) is 20.9. The molecule has 236 valence electrons. The fourth-order valence-corrected chi connectivity index (χ4v) is 5.03. The minimum atomic E-state index is 0.0595. The number of allylic oxidation sites excluding steroid dienone is 3. The zero-order chi connectivity index (χ0) is 32.4. The zero-order valence-corrected chi connectivity index (χ0v) is 27.3. The number of unbranched alkanes of at least 4 members (excludes halogenated alkanes) is 1. The van der Waals surface area contributed by atoms with Gasteiger partial charge in [0.1, 0.15) is 12.5 Å². The monoisotopic (exact) mass is 590 g/mol. The molecule has 1 fully saturated rings. The van der Waals surface area contributed by atoms with E-state index >= 15 is 0 Å². The number of nitrogen functional groups attached to an aromatic ring is 1. The van der Waals surface area contributed by atoms with Crippen LogP contribution in [0.1, 0.15) is 112 Å². The molecule has 0 bridgehead atoms. The van der Waals surface area contributed by atoms with E-state index in [-0.39, 0.29) is 11.9 Å². The van der Waals surface area contributed by atoms with Crippen LogP contribution in [0.5, 0.6) is 0 Å². The topological polar surface area (TPSA) is 122 Å². The van der Waals surface area contributed by atoms with E-state index < -0.39 is 0 Å². The summed E-state index contributed by atoms with van der Waals surface area (Å²) in [5.74, 6) is 0.906. The Morgan fingerprint density at radius 3 is 2.14 bits per heavy atom. The van der Waals surface area contributed by atoms with Gasteiger partial charge in [-0.2, -0.15) is 0 Å². The van der Waals surface area contributed by atoms with Gasteiger partial charge < -0.3 is 31.3 Å². The summed E-state index contributed by atoms with van der Waals surface area (Å²) in [4.78, 5) is 22.9. The van der Waals surface area contributed by atoms with Crippen LogP contribution in [0.4, 0.5) is 5.69 Å². The highest BCUT2D eigenvalue weighted by atomic mass is 16.5. The van der Waals surface area contributed by atoms with Gasteiger partial charge in [0.05, 0.1) is 6.61 Å². The number of benzene rings is 2. The van der Waals surface area contributed by atoms with Gasteiger partial charge in [0, 0.05) is 53.3 Å². The number of carbonyl (C=O) groups is 2. The molecule has 0 unspecified atom stereocenters. The van der Waals surface area contributed by atoms with Crippen LogP contribution in [0.3, 0.4) is 0 Å². The average Bonchev–Trinajstić information content (AvgIpc) is 3.06. The number of carbonyl (C=O) groups excluding carboxylic acids is 2. The molecule has 2 heterocycles. The number of nitrogens with two attached hydrogens (primary N) is 2. The number of hydrogen-bond acceptors (Lipinski definition) is 6. The first-order valence-electron chi connectivity index (χ1n) is 15.8. The fraction of sp³-hybridized carbons (Fsp3) is 0.472. The van der Waals surface area contributed by atoms with Crippen molar-refractivity contribution in [3.8, 4) is 0 Å². The van der Waals surface area contributed by atoms with Gasteiger partial charge in [-0.05, 0) is 73.9 Å². The Hall–Kier alpha value is -3.71. The molecule has 2 aromatic carbocycles. The summed E-state index contributed by atoms with van der Waals surface area (Å²) in [5.41, 5.74) is 19.4. The molecule has 0 radical (unpaired) electrons. The normalized spacial score (nSPS) is 15.0. The van der Waals surface area contributed by atoms with Crippen molar-refractivity contribution in [3.05, 3.63) is 76.1 Å². The Balaban J connectivity index is 0.00000105. The predicted octanol–water partition coefficient (Wildman–Crippen LogP) is 7.80. The second-order valence-electron chi connectivity index (χ2n) is 10.4. The lowest BCUT2D eigenvalue weighted by Crippen LogP contribution is -2.42. The van der Waals surface area contributed by atoms with E-state index in [1.165, 1.54) is 19.1 Å². The first-order valence-corrected chi connectivity index (χ1v) is 15.8. The van der Waals surface area contributed by atoms with Gasteiger partial charge in [0.25, 0.3) is 5.91 Å². The van der Waals surface area contributed by atoms with Crippen LogP contribution in [0.25, 0.3) is 11.1 Å². The number of nitrogens with zero attached hydrogens (tertiary/aromatic N) is 1. The lowest BCUT2D eigenvalue weighted by atomic mass is 9.86. The Bertz CT molecular complexity index is 1210. The number of nitrogens with one attached hydrogen (secondary N) is 1. The molecule has 2 aromatic rings. The van der Waals surface area contributed by atoms with Crippen LogP contribution >= 0.6 is 0 Å². The van der Waals surface area contributed by atoms with Crippen molar-refractivity contribution in [1.29, 1.82) is 5.41 Å². The highest BCUT2D eigenvalue weighted by Gasteiger charge is 2.25. The second-order valence-corrected chi connectivity index (χ2v) is 10.4. The van der Waals surface area contributed by atoms with Crippen LogP contribution in [0.2, 0.25) is 0 Å². The SMILES string of the molecule is C=O.CC.CC/C=C(/C1=C(c2c(C)ccc(N)c2C=N)CCCO1)c1ccc(C(=O)N2CCC(N)CC2)cc1.CCCC. The van der Waals surface area contributed by atoms with E-state index in [1.54, 1.807) is 0 Å². The zero-order valence-electron chi connectivity index (χ0n) is 27.3. The summed E-state index contributed by atoms with van der Waals surface area (Å²) in [7, 11) is 0. The van der Waals surface area contributed by atoms with E-state index in [9.17, 15) is 4.79 Å². The van der Waals surface area contributed by atoms with Gasteiger partial charge in [0.15, 0.2) is 0 Å². The molecule has 0 aliphatic carbocycles.